The van der Waals surface area contributed by atoms with Crippen LogP contribution in [-0.4, -0.2) is 58.5 Å². The Morgan fingerprint density at radius 2 is 1.97 bits per heavy atom. The fraction of sp³-hybridized carbons (Fsp3) is 0.350. The lowest BCUT2D eigenvalue weighted by molar-refractivity contribution is 0.0963. The Bertz CT molecular complexity index is 948. The van der Waals surface area contributed by atoms with Gasteiger partial charge in [0.05, 0.1) is 6.54 Å². The second-order valence-corrected chi connectivity index (χ2v) is 8.07. The quantitative estimate of drug-likeness (QED) is 0.246. The molecule has 1 aromatic carbocycles. The summed E-state index contributed by atoms with van der Waals surface area (Å²) >= 11 is 0. The molecule has 9 nitrogen and oxygen atoms in total. The molecule has 30 heavy (non-hydrogen) atoms. The van der Waals surface area contributed by atoms with E-state index in [2.05, 4.69) is 30.6 Å². The summed E-state index contributed by atoms with van der Waals surface area (Å²) in [7, 11) is -1.99. The second-order valence-electron chi connectivity index (χ2n) is 6.30. The molecule has 0 aliphatic heterocycles. The molecule has 1 aromatic heterocycles. The van der Waals surface area contributed by atoms with Crippen molar-refractivity contribution < 1.29 is 13.2 Å². The Balaban J connectivity index is 1.84. The zero-order valence-corrected chi connectivity index (χ0v) is 18.0. The Kier molecular flexibility index (Phi) is 9.23. The number of rotatable bonds is 10. The number of amides is 1. The molecular weight excluding hydrogens is 404 g/mol. The highest BCUT2D eigenvalue weighted by Crippen LogP contribution is 2.06. The van der Waals surface area contributed by atoms with Crippen LogP contribution in [0, 0.1) is 0 Å². The zero-order chi connectivity index (χ0) is 21.8. The highest BCUT2D eigenvalue weighted by Gasteiger charge is 2.12. The summed E-state index contributed by atoms with van der Waals surface area (Å²) < 4.78 is 26.8. The minimum atomic E-state index is -3.59. The minimum Gasteiger partial charge on any atom is -0.357 e. The average Bonchev–Trinajstić information content (AvgIpc) is 2.77. The van der Waals surface area contributed by atoms with Gasteiger partial charge in [-0.1, -0.05) is 12.1 Å². The van der Waals surface area contributed by atoms with Gasteiger partial charge in [0.2, 0.25) is 10.0 Å². The van der Waals surface area contributed by atoms with Gasteiger partial charge in [0.1, 0.15) is 4.90 Å². The maximum Gasteiger partial charge on any atom is 0.251 e. The van der Waals surface area contributed by atoms with Crippen LogP contribution in [-0.2, 0) is 16.4 Å². The SMILES string of the molecule is CCNC(=NCCNS(=O)(=O)c1cccnc1)NCCc1cccc(C(=O)NC)c1. The van der Waals surface area contributed by atoms with Crippen LogP contribution in [0.4, 0.5) is 0 Å². The second kappa shape index (κ2) is 11.9. The predicted molar refractivity (Wildman–Crippen MR) is 117 cm³/mol. The van der Waals surface area contributed by atoms with Crippen LogP contribution < -0.4 is 20.7 Å². The maximum absolute atomic E-state index is 12.2. The van der Waals surface area contributed by atoms with Crippen molar-refractivity contribution in [1.29, 1.82) is 0 Å². The van der Waals surface area contributed by atoms with Gasteiger partial charge in [0, 0.05) is 44.6 Å². The smallest absolute Gasteiger partial charge is 0.251 e. The first kappa shape index (κ1) is 23.3. The van der Waals surface area contributed by atoms with Crippen molar-refractivity contribution in [1.82, 2.24) is 25.7 Å². The van der Waals surface area contributed by atoms with Gasteiger partial charge in [-0.2, -0.15) is 0 Å². The van der Waals surface area contributed by atoms with Crippen LogP contribution >= 0.6 is 0 Å². The third-order valence-corrected chi connectivity index (χ3v) is 5.53. The molecule has 1 heterocycles. The number of pyridine rings is 1. The molecule has 0 atom stereocenters. The first-order valence-corrected chi connectivity index (χ1v) is 11.2. The number of sulfonamides is 1. The summed E-state index contributed by atoms with van der Waals surface area (Å²) in [6.45, 7) is 3.70. The van der Waals surface area contributed by atoms with Crippen molar-refractivity contribution in [2.75, 3.05) is 33.2 Å². The van der Waals surface area contributed by atoms with E-state index >= 15 is 0 Å². The summed E-state index contributed by atoms with van der Waals surface area (Å²) in [5.74, 6) is 0.481. The molecule has 162 valence electrons. The van der Waals surface area contributed by atoms with Crippen LogP contribution in [0.1, 0.15) is 22.8 Å². The van der Waals surface area contributed by atoms with Crippen LogP contribution in [0.3, 0.4) is 0 Å². The Labute approximate surface area is 177 Å². The molecule has 0 saturated carbocycles. The van der Waals surface area contributed by atoms with E-state index in [1.807, 2.05) is 25.1 Å². The highest BCUT2D eigenvalue weighted by molar-refractivity contribution is 7.89. The minimum absolute atomic E-state index is 0.117. The lowest BCUT2D eigenvalue weighted by Crippen LogP contribution is -2.39. The molecule has 2 aromatic rings. The molecule has 10 heteroatoms. The van der Waals surface area contributed by atoms with Gasteiger partial charge in [-0.15, -0.1) is 0 Å². The molecule has 0 bridgehead atoms. The van der Waals surface area contributed by atoms with E-state index in [0.717, 1.165) is 5.56 Å². The lowest BCUT2D eigenvalue weighted by atomic mass is 10.1. The van der Waals surface area contributed by atoms with Gasteiger partial charge in [0.25, 0.3) is 5.91 Å². The third kappa shape index (κ3) is 7.45. The van der Waals surface area contributed by atoms with Gasteiger partial charge in [-0.3, -0.25) is 14.8 Å². The number of guanidine groups is 1. The van der Waals surface area contributed by atoms with Crippen LogP contribution in [0.2, 0.25) is 0 Å². The van der Waals surface area contributed by atoms with Crippen molar-refractivity contribution in [3.63, 3.8) is 0 Å². The Morgan fingerprint density at radius 1 is 1.13 bits per heavy atom. The molecule has 4 N–H and O–H groups in total. The lowest BCUT2D eigenvalue weighted by Gasteiger charge is -2.12. The van der Waals surface area contributed by atoms with E-state index in [1.165, 1.54) is 18.5 Å². The highest BCUT2D eigenvalue weighted by atomic mass is 32.2. The monoisotopic (exact) mass is 432 g/mol. The normalized spacial score (nSPS) is 11.7. The molecule has 0 aliphatic carbocycles. The largest absolute Gasteiger partial charge is 0.357 e. The van der Waals surface area contributed by atoms with Gasteiger partial charge < -0.3 is 16.0 Å². The standard InChI is InChI=1S/C20H28N6O3S/c1-3-23-20(24-11-9-16-6-4-7-17(14-16)19(27)21-2)25-12-13-26-30(28,29)18-8-5-10-22-15-18/h4-8,10,14-15,26H,3,9,11-13H2,1-2H3,(H,21,27)(H2,23,24,25). The van der Waals surface area contributed by atoms with E-state index in [4.69, 9.17) is 0 Å². The first-order chi connectivity index (χ1) is 14.5. The molecule has 0 aliphatic rings. The predicted octanol–water partition coefficient (Wildman–Crippen LogP) is 0.517. The molecule has 0 saturated heterocycles. The molecule has 2 rings (SSSR count). The van der Waals surface area contributed by atoms with Crippen molar-refractivity contribution in [2.24, 2.45) is 4.99 Å². The number of aromatic nitrogens is 1. The summed E-state index contributed by atoms with van der Waals surface area (Å²) in [4.78, 5) is 20.1. The van der Waals surface area contributed by atoms with Gasteiger partial charge in [-0.25, -0.2) is 13.1 Å². The Morgan fingerprint density at radius 3 is 2.67 bits per heavy atom. The Hall–Kier alpha value is -2.98. The molecule has 1 amide bonds. The van der Waals surface area contributed by atoms with E-state index in [1.54, 1.807) is 19.2 Å². The number of nitrogens with zero attached hydrogens (tertiary/aromatic N) is 2. The summed E-state index contributed by atoms with van der Waals surface area (Å²) in [6.07, 6.45) is 3.53. The van der Waals surface area contributed by atoms with Crippen LogP contribution in [0.5, 0.6) is 0 Å². The number of benzene rings is 1. The van der Waals surface area contributed by atoms with Crippen molar-refractivity contribution >= 4 is 21.9 Å². The van der Waals surface area contributed by atoms with Crippen molar-refractivity contribution in [2.45, 2.75) is 18.2 Å². The van der Waals surface area contributed by atoms with Crippen LogP contribution in [0.15, 0.2) is 58.7 Å². The fourth-order valence-electron chi connectivity index (χ4n) is 2.62. The van der Waals surface area contributed by atoms with Gasteiger partial charge >= 0.3 is 0 Å². The average molecular weight is 433 g/mol. The van der Waals surface area contributed by atoms with E-state index in [9.17, 15) is 13.2 Å². The summed E-state index contributed by atoms with van der Waals surface area (Å²) in [6, 6.07) is 10.5. The number of carbonyl (C=O) groups excluding carboxylic acids is 1. The first-order valence-electron chi connectivity index (χ1n) is 9.69. The maximum atomic E-state index is 12.2. The molecule has 0 unspecified atom stereocenters. The zero-order valence-electron chi connectivity index (χ0n) is 17.2. The number of aliphatic imine (C=N–C) groups is 1. The molecule has 0 spiro atoms. The number of hydrogen-bond donors (Lipinski definition) is 4. The molecule has 0 radical (unpaired) electrons. The molecule has 0 fully saturated rings. The molecular formula is C20H28N6O3S. The van der Waals surface area contributed by atoms with Crippen molar-refractivity contribution in [3.8, 4) is 0 Å². The van der Waals surface area contributed by atoms with Gasteiger partial charge in [-0.05, 0) is 43.2 Å². The number of nitrogens with one attached hydrogen (secondary N) is 4. The fourth-order valence-corrected chi connectivity index (χ4v) is 3.60. The van der Waals surface area contributed by atoms with E-state index in [0.29, 0.717) is 31.0 Å². The topological polar surface area (TPSA) is 125 Å². The van der Waals surface area contributed by atoms with Crippen molar-refractivity contribution in [3.05, 3.63) is 59.9 Å². The summed E-state index contributed by atoms with van der Waals surface area (Å²) in [5, 5.41) is 8.95. The number of carbonyl (C=O) groups is 1. The summed E-state index contributed by atoms with van der Waals surface area (Å²) in [5.41, 5.74) is 1.65. The van der Waals surface area contributed by atoms with Gasteiger partial charge in [0.15, 0.2) is 5.96 Å². The van der Waals surface area contributed by atoms with E-state index < -0.39 is 10.0 Å². The third-order valence-electron chi connectivity index (χ3n) is 4.09. The number of hydrogen-bond acceptors (Lipinski definition) is 5. The van der Waals surface area contributed by atoms with E-state index in [-0.39, 0.29) is 23.9 Å². The van der Waals surface area contributed by atoms with Crippen LogP contribution in [0.25, 0.3) is 0 Å².